The van der Waals surface area contributed by atoms with Gasteiger partial charge in [0.25, 0.3) is 0 Å². The molecule has 4 heteroatoms. The molecule has 2 aromatic heterocycles. The first kappa shape index (κ1) is 12.4. The summed E-state index contributed by atoms with van der Waals surface area (Å²) < 4.78 is 7.66. The summed E-state index contributed by atoms with van der Waals surface area (Å²) in [6, 6.07) is 16.5. The van der Waals surface area contributed by atoms with Crippen LogP contribution in [0.15, 0.2) is 54.7 Å². The molecule has 0 amide bonds. The summed E-state index contributed by atoms with van der Waals surface area (Å²) in [6.45, 7) is 3.35. The summed E-state index contributed by atoms with van der Waals surface area (Å²) in [6.07, 6.45) is 2.08. The molecule has 0 spiro atoms. The summed E-state index contributed by atoms with van der Waals surface area (Å²) in [4.78, 5) is 7.21. The highest BCUT2D eigenvalue weighted by Gasteiger charge is 2.21. The zero-order valence-electron chi connectivity index (χ0n) is 11.8. The molecule has 0 atom stereocenters. The van der Waals surface area contributed by atoms with Crippen molar-refractivity contribution in [2.75, 3.05) is 31.2 Å². The number of hydrogen-bond donors (Lipinski definition) is 0. The molecule has 0 radical (unpaired) electrons. The molecule has 1 aliphatic heterocycles. The summed E-state index contributed by atoms with van der Waals surface area (Å²) in [7, 11) is 0. The maximum absolute atomic E-state index is 5.48. The first-order chi connectivity index (χ1) is 10.4. The fourth-order valence-electron chi connectivity index (χ4n) is 2.85. The molecule has 21 heavy (non-hydrogen) atoms. The summed E-state index contributed by atoms with van der Waals surface area (Å²) in [5.74, 6) is 1.17. The second-order valence-corrected chi connectivity index (χ2v) is 5.18. The zero-order valence-corrected chi connectivity index (χ0v) is 11.8. The first-order valence-electron chi connectivity index (χ1n) is 7.29. The van der Waals surface area contributed by atoms with Gasteiger partial charge in [-0.05, 0) is 12.1 Å². The Bertz CT molecular complexity index is 745. The van der Waals surface area contributed by atoms with Crippen molar-refractivity contribution in [2.24, 2.45) is 0 Å². The average Bonchev–Trinajstić information content (AvgIpc) is 2.96. The van der Waals surface area contributed by atoms with Gasteiger partial charge in [0.2, 0.25) is 0 Å². The zero-order chi connectivity index (χ0) is 14.1. The summed E-state index contributed by atoms with van der Waals surface area (Å²) >= 11 is 0. The van der Waals surface area contributed by atoms with Gasteiger partial charge in [-0.3, -0.25) is 4.40 Å². The predicted molar refractivity (Wildman–Crippen MR) is 83.7 cm³/mol. The van der Waals surface area contributed by atoms with Gasteiger partial charge in [0.1, 0.15) is 17.2 Å². The lowest BCUT2D eigenvalue weighted by molar-refractivity contribution is 0.122. The maximum Gasteiger partial charge on any atom is 0.141 e. The number of nitrogens with zero attached hydrogens (tertiary/aromatic N) is 3. The van der Waals surface area contributed by atoms with Crippen molar-refractivity contribution in [3.05, 3.63) is 54.7 Å². The van der Waals surface area contributed by atoms with Gasteiger partial charge in [-0.1, -0.05) is 36.4 Å². The van der Waals surface area contributed by atoms with Crippen LogP contribution < -0.4 is 4.90 Å². The van der Waals surface area contributed by atoms with Crippen LogP contribution in [-0.4, -0.2) is 35.7 Å². The normalized spacial score (nSPS) is 15.5. The standard InChI is InChI=1S/C17H17N3O/c1-2-6-14(7-3-1)16-17(19-10-12-21-13-11-19)20-9-5-4-8-15(20)18-16/h1-9H,10-13H2. The van der Waals surface area contributed by atoms with Crippen molar-refractivity contribution in [1.29, 1.82) is 0 Å². The molecule has 1 aliphatic rings. The molecular formula is C17H17N3O. The van der Waals surface area contributed by atoms with Gasteiger partial charge in [-0.15, -0.1) is 0 Å². The highest BCUT2D eigenvalue weighted by Crippen LogP contribution is 2.31. The molecule has 4 rings (SSSR count). The van der Waals surface area contributed by atoms with Crippen LogP contribution in [0.4, 0.5) is 5.82 Å². The Labute approximate surface area is 123 Å². The Hall–Kier alpha value is -2.33. The molecule has 0 saturated carbocycles. The Balaban J connectivity index is 1.92. The molecular weight excluding hydrogens is 262 g/mol. The second kappa shape index (κ2) is 5.22. The van der Waals surface area contributed by atoms with Crippen molar-refractivity contribution in [1.82, 2.24) is 9.38 Å². The average molecular weight is 279 g/mol. The fraction of sp³-hybridized carbons (Fsp3) is 0.235. The Kier molecular flexibility index (Phi) is 3.09. The van der Waals surface area contributed by atoms with Crippen LogP contribution in [-0.2, 0) is 4.74 Å². The highest BCUT2D eigenvalue weighted by atomic mass is 16.5. The number of fused-ring (bicyclic) bond motifs is 1. The van der Waals surface area contributed by atoms with Crippen molar-refractivity contribution in [2.45, 2.75) is 0 Å². The molecule has 4 nitrogen and oxygen atoms in total. The van der Waals surface area contributed by atoms with E-state index in [4.69, 9.17) is 9.72 Å². The third kappa shape index (κ3) is 2.17. The van der Waals surface area contributed by atoms with E-state index >= 15 is 0 Å². The van der Waals surface area contributed by atoms with E-state index in [9.17, 15) is 0 Å². The summed E-state index contributed by atoms with van der Waals surface area (Å²) in [5, 5.41) is 0. The molecule has 0 aliphatic carbocycles. The van der Waals surface area contributed by atoms with Gasteiger partial charge in [0.05, 0.1) is 13.2 Å². The van der Waals surface area contributed by atoms with E-state index in [1.807, 2.05) is 18.2 Å². The lowest BCUT2D eigenvalue weighted by Gasteiger charge is -2.29. The Morgan fingerprint density at radius 3 is 2.48 bits per heavy atom. The molecule has 106 valence electrons. The van der Waals surface area contributed by atoms with Gasteiger partial charge in [0, 0.05) is 24.8 Å². The first-order valence-corrected chi connectivity index (χ1v) is 7.29. The third-order valence-corrected chi connectivity index (χ3v) is 3.86. The van der Waals surface area contributed by atoms with E-state index in [-0.39, 0.29) is 0 Å². The van der Waals surface area contributed by atoms with Crippen LogP contribution in [0, 0.1) is 0 Å². The van der Waals surface area contributed by atoms with Crippen LogP contribution in [0.25, 0.3) is 16.9 Å². The number of benzene rings is 1. The Morgan fingerprint density at radius 1 is 0.905 bits per heavy atom. The predicted octanol–water partition coefficient (Wildman–Crippen LogP) is 2.84. The van der Waals surface area contributed by atoms with E-state index in [1.165, 1.54) is 5.82 Å². The molecule has 0 bridgehead atoms. The minimum atomic E-state index is 0.772. The van der Waals surface area contributed by atoms with Crippen LogP contribution >= 0.6 is 0 Å². The number of ether oxygens (including phenoxy) is 1. The van der Waals surface area contributed by atoms with Gasteiger partial charge in [0.15, 0.2) is 0 Å². The topological polar surface area (TPSA) is 29.8 Å². The van der Waals surface area contributed by atoms with Gasteiger partial charge in [-0.25, -0.2) is 4.98 Å². The van der Waals surface area contributed by atoms with E-state index in [0.717, 1.165) is 43.2 Å². The van der Waals surface area contributed by atoms with E-state index in [0.29, 0.717) is 0 Å². The monoisotopic (exact) mass is 279 g/mol. The largest absolute Gasteiger partial charge is 0.378 e. The number of pyridine rings is 1. The lowest BCUT2D eigenvalue weighted by atomic mass is 10.1. The SMILES string of the molecule is c1ccc(-c2nc3ccccn3c2N2CCOCC2)cc1. The minimum Gasteiger partial charge on any atom is -0.378 e. The van der Waals surface area contributed by atoms with Crippen molar-refractivity contribution >= 4 is 11.5 Å². The van der Waals surface area contributed by atoms with Crippen LogP contribution in [0.1, 0.15) is 0 Å². The fourth-order valence-corrected chi connectivity index (χ4v) is 2.85. The van der Waals surface area contributed by atoms with Crippen LogP contribution in [0.2, 0.25) is 0 Å². The van der Waals surface area contributed by atoms with Crippen LogP contribution in [0.5, 0.6) is 0 Å². The van der Waals surface area contributed by atoms with E-state index in [2.05, 4.69) is 45.8 Å². The maximum atomic E-state index is 5.48. The smallest absolute Gasteiger partial charge is 0.141 e. The van der Waals surface area contributed by atoms with Crippen molar-refractivity contribution in [3.63, 3.8) is 0 Å². The number of morpholine rings is 1. The molecule has 0 N–H and O–H groups in total. The quantitative estimate of drug-likeness (QED) is 0.722. The van der Waals surface area contributed by atoms with Gasteiger partial charge in [-0.2, -0.15) is 0 Å². The van der Waals surface area contributed by atoms with Crippen molar-refractivity contribution in [3.8, 4) is 11.3 Å². The van der Waals surface area contributed by atoms with E-state index < -0.39 is 0 Å². The Morgan fingerprint density at radius 2 is 1.67 bits per heavy atom. The lowest BCUT2D eigenvalue weighted by Crippen LogP contribution is -2.37. The van der Waals surface area contributed by atoms with Gasteiger partial charge < -0.3 is 9.64 Å². The second-order valence-electron chi connectivity index (χ2n) is 5.18. The molecule has 1 saturated heterocycles. The number of anilines is 1. The van der Waals surface area contributed by atoms with Gasteiger partial charge >= 0.3 is 0 Å². The number of rotatable bonds is 2. The highest BCUT2D eigenvalue weighted by molar-refractivity contribution is 5.77. The summed E-state index contributed by atoms with van der Waals surface area (Å²) in [5.41, 5.74) is 3.18. The molecule has 3 aromatic rings. The van der Waals surface area contributed by atoms with Crippen LogP contribution in [0.3, 0.4) is 0 Å². The molecule has 0 unspecified atom stereocenters. The van der Waals surface area contributed by atoms with Crippen molar-refractivity contribution < 1.29 is 4.74 Å². The molecule has 1 aromatic carbocycles. The minimum absolute atomic E-state index is 0.772. The number of aromatic nitrogens is 2. The number of hydrogen-bond acceptors (Lipinski definition) is 3. The third-order valence-electron chi connectivity index (χ3n) is 3.86. The molecule has 3 heterocycles. The number of imidazole rings is 1. The molecule has 1 fully saturated rings. The van der Waals surface area contributed by atoms with E-state index in [1.54, 1.807) is 0 Å².